The lowest BCUT2D eigenvalue weighted by Gasteiger charge is -2.42. The zero-order chi connectivity index (χ0) is 13.0. The van der Waals surface area contributed by atoms with Crippen LogP contribution in [-0.4, -0.2) is 36.7 Å². The molecule has 1 aliphatic rings. The Hall–Kier alpha value is -0.840. The van der Waals surface area contributed by atoms with Gasteiger partial charge in [-0.15, -0.1) is 0 Å². The molecule has 4 heteroatoms. The van der Waals surface area contributed by atoms with Gasteiger partial charge in [-0.1, -0.05) is 13.8 Å². The topological polar surface area (TPSA) is 51.6 Å². The molecular weight excluding hydrogens is 228 g/mol. The van der Waals surface area contributed by atoms with Gasteiger partial charge in [0.2, 0.25) is 0 Å². The molecule has 1 fully saturated rings. The Labute approximate surface area is 109 Å². The van der Waals surface area contributed by atoms with Gasteiger partial charge in [-0.25, -0.2) is 0 Å². The zero-order valence-corrected chi connectivity index (χ0v) is 11.3. The third-order valence-corrected chi connectivity index (χ3v) is 3.81. The number of nitrogens with two attached hydrogens (primary N) is 1. The molecule has 0 saturated carbocycles. The summed E-state index contributed by atoms with van der Waals surface area (Å²) in [6.07, 6.45) is 3.75. The molecule has 2 heterocycles. The van der Waals surface area contributed by atoms with Crippen molar-refractivity contribution < 1.29 is 9.15 Å². The summed E-state index contributed by atoms with van der Waals surface area (Å²) < 4.78 is 11.2. The second kappa shape index (κ2) is 6.36. The first-order valence-corrected chi connectivity index (χ1v) is 6.90. The molecule has 0 radical (unpaired) electrons. The fourth-order valence-corrected chi connectivity index (χ4v) is 2.69. The molecule has 1 aliphatic heterocycles. The summed E-state index contributed by atoms with van der Waals surface area (Å²) in [6, 6.07) is 4.67. The Morgan fingerprint density at radius 1 is 1.50 bits per heavy atom. The van der Waals surface area contributed by atoms with Gasteiger partial charge >= 0.3 is 0 Å². The van der Waals surface area contributed by atoms with E-state index in [0.717, 1.165) is 38.4 Å². The van der Waals surface area contributed by atoms with E-state index < -0.39 is 0 Å². The van der Waals surface area contributed by atoms with Crippen LogP contribution >= 0.6 is 0 Å². The van der Waals surface area contributed by atoms with Crippen LogP contribution < -0.4 is 5.73 Å². The van der Waals surface area contributed by atoms with Gasteiger partial charge in [0.25, 0.3) is 0 Å². The molecule has 4 nitrogen and oxygen atoms in total. The van der Waals surface area contributed by atoms with E-state index in [0.29, 0.717) is 6.04 Å². The van der Waals surface area contributed by atoms with E-state index in [2.05, 4.69) is 18.7 Å². The van der Waals surface area contributed by atoms with Gasteiger partial charge in [-0.05, 0) is 25.0 Å². The minimum Gasteiger partial charge on any atom is -0.468 e. The van der Waals surface area contributed by atoms with Gasteiger partial charge in [0, 0.05) is 18.6 Å². The van der Waals surface area contributed by atoms with Crippen LogP contribution in [0.2, 0.25) is 0 Å². The first-order chi connectivity index (χ1) is 8.77. The third kappa shape index (κ3) is 2.76. The van der Waals surface area contributed by atoms with Crippen molar-refractivity contribution in [3.05, 3.63) is 24.2 Å². The molecule has 1 aromatic rings. The average molecular weight is 252 g/mol. The standard InChI is InChI=1S/C14H24N2O2/c1-3-11-10-17-9-7-16(11)14(12(15)4-2)13-6-5-8-18-13/h5-6,8,11-12,14H,3-4,7,9-10,15H2,1-2H3. The van der Waals surface area contributed by atoms with Crippen molar-refractivity contribution in [1.82, 2.24) is 4.90 Å². The second-order valence-electron chi connectivity index (χ2n) is 4.91. The Kier molecular flexibility index (Phi) is 4.80. The molecule has 0 aromatic carbocycles. The van der Waals surface area contributed by atoms with E-state index >= 15 is 0 Å². The lowest BCUT2D eigenvalue weighted by Crippen LogP contribution is -2.51. The first kappa shape index (κ1) is 13.6. The quantitative estimate of drug-likeness (QED) is 0.872. The van der Waals surface area contributed by atoms with E-state index in [1.165, 1.54) is 0 Å². The highest BCUT2D eigenvalue weighted by atomic mass is 16.5. The van der Waals surface area contributed by atoms with Gasteiger partial charge in [0.15, 0.2) is 0 Å². The molecule has 0 bridgehead atoms. The summed E-state index contributed by atoms with van der Waals surface area (Å²) in [4.78, 5) is 2.45. The van der Waals surface area contributed by atoms with Crippen LogP contribution in [0.3, 0.4) is 0 Å². The molecular formula is C14H24N2O2. The van der Waals surface area contributed by atoms with Crippen LogP contribution in [0.1, 0.15) is 38.5 Å². The summed E-state index contributed by atoms with van der Waals surface area (Å²) in [5, 5.41) is 0. The highest BCUT2D eigenvalue weighted by Crippen LogP contribution is 2.29. The van der Waals surface area contributed by atoms with Crippen LogP contribution in [0.25, 0.3) is 0 Å². The van der Waals surface area contributed by atoms with Gasteiger partial charge in [0.05, 0.1) is 25.5 Å². The molecule has 0 amide bonds. The highest BCUT2D eigenvalue weighted by Gasteiger charge is 2.34. The number of furan rings is 1. The number of hydrogen-bond donors (Lipinski definition) is 1. The highest BCUT2D eigenvalue weighted by molar-refractivity contribution is 5.09. The van der Waals surface area contributed by atoms with Crippen LogP contribution in [0.5, 0.6) is 0 Å². The molecule has 3 unspecified atom stereocenters. The molecule has 2 rings (SSSR count). The summed E-state index contributed by atoms with van der Waals surface area (Å²) >= 11 is 0. The van der Waals surface area contributed by atoms with Crippen molar-refractivity contribution in [3.8, 4) is 0 Å². The molecule has 0 spiro atoms. The predicted molar refractivity (Wildman–Crippen MR) is 71.3 cm³/mol. The average Bonchev–Trinajstić information content (AvgIpc) is 2.93. The van der Waals surface area contributed by atoms with Crippen molar-refractivity contribution in [3.63, 3.8) is 0 Å². The molecule has 2 N–H and O–H groups in total. The van der Waals surface area contributed by atoms with Crippen LogP contribution in [-0.2, 0) is 4.74 Å². The Morgan fingerprint density at radius 2 is 2.33 bits per heavy atom. The largest absolute Gasteiger partial charge is 0.468 e. The van der Waals surface area contributed by atoms with E-state index in [9.17, 15) is 0 Å². The second-order valence-corrected chi connectivity index (χ2v) is 4.91. The summed E-state index contributed by atoms with van der Waals surface area (Å²) in [5.41, 5.74) is 6.31. The predicted octanol–water partition coefficient (Wildman–Crippen LogP) is 2.17. The van der Waals surface area contributed by atoms with E-state index in [1.807, 2.05) is 12.1 Å². The number of nitrogens with zero attached hydrogens (tertiary/aromatic N) is 1. The van der Waals surface area contributed by atoms with Gasteiger partial charge < -0.3 is 14.9 Å². The maximum atomic E-state index is 6.31. The van der Waals surface area contributed by atoms with E-state index in [-0.39, 0.29) is 12.1 Å². The number of rotatable bonds is 5. The molecule has 1 aromatic heterocycles. The summed E-state index contributed by atoms with van der Waals surface area (Å²) in [6.45, 7) is 6.83. The maximum absolute atomic E-state index is 6.31. The zero-order valence-electron chi connectivity index (χ0n) is 11.3. The van der Waals surface area contributed by atoms with Crippen molar-refractivity contribution in [2.75, 3.05) is 19.8 Å². The van der Waals surface area contributed by atoms with E-state index in [1.54, 1.807) is 6.26 Å². The van der Waals surface area contributed by atoms with Crippen LogP contribution in [0.15, 0.2) is 22.8 Å². The van der Waals surface area contributed by atoms with Gasteiger partial charge in [-0.3, -0.25) is 4.90 Å². The third-order valence-electron chi connectivity index (χ3n) is 3.81. The van der Waals surface area contributed by atoms with Crippen LogP contribution in [0, 0.1) is 0 Å². The van der Waals surface area contributed by atoms with Gasteiger partial charge in [0.1, 0.15) is 5.76 Å². The molecule has 0 aliphatic carbocycles. The molecule has 102 valence electrons. The van der Waals surface area contributed by atoms with Gasteiger partial charge in [-0.2, -0.15) is 0 Å². The molecule has 3 atom stereocenters. The lowest BCUT2D eigenvalue weighted by atomic mass is 9.98. The molecule has 18 heavy (non-hydrogen) atoms. The monoisotopic (exact) mass is 252 g/mol. The Morgan fingerprint density at radius 3 is 2.94 bits per heavy atom. The normalized spacial score (nSPS) is 24.9. The fourth-order valence-electron chi connectivity index (χ4n) is 2.69. The summed E-state index contributed by atoms with van der Waals surface area (Å²) in [7, 11) is 0. The minimum absolute atomic E-state index is 0.100. The Bertz CT molecular complexity index is 340. The number of ether oxygens (including phenoxy) is 1. The minimum atomic E-state index is 0.100. The van der Waals surface area contributed by atoms with Crippen molar-refractivity contribution >= 4 is 0 Å². The number of morpholine rings is 1. The fraction of sp³-hybridized carbons (Fsp3) is 0.714. The smallest absolute Gasteiger partial charge is 0.122 e. The van der Waals surface area contributed by atoms with Crippen molar-refractivity contribution in [2.24, 2.45) is 5.73 Å². The van der Waals surface area contributed by atoms with Crippen molar-refractivity contribution in [1.29, 1.82) is 0 Å². The van der Waals surface area contributed by atoms with Crippen molar-refractivity contribution in [2.45, 2.75) is 44.8 Å². The van der Waals surface area contributed by atoms with E-state index in [4.69, 9.17) is 14.9 Å². The van der Waals surface area contributed by atoms with Crippen LogP contribution in [0.4, 0.5) is 0 Å². The SMILES string of the molecule is CCC(N)C(c1ccco1)N1CCOCC1CC. The molecule has 1 saturated heterocycles. The first-order valence-electron chi connectivity index (χ1n) is 6.90. The Balaban J connectivity index is 2.22. The summed E-state index contributed by atoms with van der Waals surface area (Å²) in [5.74, 6) is 0.977. The maximum Gasteiger partial charge on any atom is 0.122 e. The lowest BCUT2D eigenvalue weighted by molar-refractivity contribution is -0.0405. The number of hydrogen-bond acceptors (Lipinski definition) is 4.